The second kappa shape index (κ2) is 12.9. The summed E-state index contributed by atoms with van der Waals surface area (Å²) in [5.41, 5.74) is 19.3. The molecule has 2 aliphatic rings. The lowest BCUT2D eigenvalue weighted by Gasteiger charge is -2.27. The fraction of sp³-hybridized carbons (Fsp3) is 0.0385. The van der Waals surface area contributed by atoms with Crippen LogP contribution in [0.5, 0.6) is 0 Å². The Bertz CT molecular complexity index is 3180. The van der Waals surface area contributed by atoms with Gasteiger partial charge in [-0.25, -0.2) is 0 Å². The maximum absolute atomic E-state index is 3.20. The number of aromatic nitrogens is 1. The van der Waals surface area contributed by atoms with E-state index in [9.17, 15) is 0 Å². The minimum atomic E-state index is 1.05. The molecule has 2 nitrogen and oxygen atoms in total. The standard InChI is InChI=1S/C52H34N2S/c1-2-18-40(19-3-1)54-49-24-8-6-22-44(49)45-29-27-39(33-50(45)54)37-16-10-15-36(31-37)38-17-11-20-41(32-38)53(48-25-12-14-35-13-4-5-21-43(35)48)42-28-30-47-46-23-7-9-26-51(46)55-52(47)34-42/h2,4-5,7,9-34H,1,3H2. The van der Waals surface area contributed by atoms with Gasteiger partial charge in [-0.3, -0.25) is 0 Å². The van der Waals surface area contributed by atoms with Crippen molar-refractivity contribution >= 4 is 88.1 Å². The van der Waals surface area contributed by atoms with Crippen molar-refractivity contribution in [2.24, 2.45) is 0 Å². The maximum atomic E-state index is 3.20. The van der Waals surface area contributed by atoms with Crippen LogP contribution in [0.2, 0.25) is 0 Å². The molecule has 258 valence electrons. The van der Waals surface area contributed by atoms with Crippen LogP contribution < -0.4 is 4.90 Å². The van der Waals surface area contributed by atoms with Crippen molar-refractivity contribution in [2.45, 2.75) is 12.8 Å². The molecule has 0 amide bonds. The normalized spacial score (nSPS) is 13.3. The number of fused-ring (bicyclic) bond motifs is 7. The second-order valence-corrected chi connectivity index (χ2v) is 15.4. The third-order valence-corrected chi connectivity index (χ3v) is 12.2. The van der Waals surface area contributed by atoms with E-state index in [0.717, 1.165) is 35.6 Å². The first-order valence-corrected chi connectivity index (χ1v) is 19.7. The van der Waals surface area contributed by atoms with Crippen LogP contribution in [0.15, 0.2) is 181 Å². The first-order chi connectivity index (χ1) is 27.3. The Morgan fingerprint density at radius 2 is 1.24 bits per heavy atom. The monoisotopic (exact) mass is 718 g/mol. The lowest BCUT2D eigenvalue weighted by molar-refractivity contribution is 1.01. The molecule has 7 aromatic carbocycles. The lowest BCUT2D eigenvalue weighted by atomic mass is 9.97. The van der Waals surface area contributed by atoms with Crippen LogP contribution in [0.3, 0.4) is 0 Å². The van der Waals surface area contributed by atoms with Crippen LogP contribution >= 0.6 is 11.3 Å². The van der Waals surface area contributed by atoms with Gasteiger partial charge in [0.2, 0.25) is 0 Å². The van der Waals surface area contributed by atoms with Gasteiger partial charge in [0.1, 0.15) is 0 Å². The third kappa shape index (κ3) is 5.34. The summed E-state index contributed by atoms with van der Waals surface area (Å²) in [6.45, 7) is 0. The zero-order valence-electron chi connectivity index (χ0n) is 30.0. The minimum Gasteiger partial charge on any atom is -0.310 e. The molecule has 55 heavy (non-hydrogen) atoms. The van der Waals surface area contributed by atoms with Crippen molar-refractivity contribution in [2.75, 3.05) is 4.90 Å². The number of rotatable bonds is 6. The van der Waals surface area contributed by atoms with Crippen molar-refractivity contribution < 1.29 is 0 Å². The van der Waals surface area contributed by atoms with E-state index in [1.165, 1.54) is 75.4 Å². The van der Waals surface area contributed by atoms with Crippen LogP contribution in [0.4, 0.5) is 17.1 Å². The highest BCUT2D eigenvalue weighted by Gasteiger charge is 2.20. The lowest BCUT2D eigenvalue weighted by Crippen LogP contribution is -2.10. The molecule has 9 aromatic rings. The van der Waals surface area contributed by atoms with Crippen LogP contribution in [0.1, 0.15) is 24.1 Å². The van der Waals surface area contributed by atoms with Crippen LogP contribution in [0.25, 0.3) is 82.0 Å². The Kier molecular flexibility index (Phi) is 7.43. The number of benzene rings is 7. The molecule has 0 N–H and O–H groups in total. The highest BCUT2D eigenvalue weighted by molar-refractivity contribution is 7.25. The summed E-state index contributed by atoms with van der Waals surface area (Å²) < 4.78 is 4.99. The number of allylic oxidation sites excluding steroid dienone is 4. The Morgan fingerprint density at radius 1 is 0.527 bits per heavy atom. The Balaban J connectivity index is 1.03. The molecule has 0 aliphatic heterocycles. The van der Waals surface area contributed by atoms with Gasteiger partial charge in [-0.2, -0.15) is 0 Å². The highest BCUT2D eigenvalue weighted by atomic mass is 32.1. The zero-order chi connectivity index (χ0) is 36.3. The fourth-order valence-electron chi connectivity index (χ4n) is 8.46. The van der Waals surface area contributed by atoms with Gasteiger partial charge in [-0.15, -0.1) is 11.3 Å². The van der Waals surface area contributed by atoms with Crippen LogP contribution in [0, 0.1) is 0 Å². The van der Waals surface area contributed by atoms with Crippen molar-refractivity contribution in [1.82, 2.24) is 4.57 Å². The van der Waals surface area contributed by atoms with Gasteiger partial charge in [0.15, 0.2) is 0 Å². The first-order valence-electron chi connectivity index (χ1n) is 18.9. The van der Waals surface area contributed by atoms with E-state index >= 15 is 0 Å². The average molecular weight is 719 g/mol. The average Bonchev–Trinajstić information content (AvgIpc) is 3.79. The van der Waals surface area contributed by atoms with Gasteiger partial charge in [0.25, 0.3) is 0 Å². The smallest absolute Gasteiger partial charge is 0.0630 e. The largest absolute Gasteiger partial charge is 0.310 e. The Labute approximate surface area is 323 Å². The van der Waals surface area contributed by atoms with Crippen molar-refractivity contribution in [3.05, 3.63) is 193 Å². The Hall–Kier alpha value is -6.86. The molecular formula is C52H34N2S. The van der Waals surface area contributed by atoms with Crippen molar-refractivity contribution in [1.29, 1.82) is 0 Å². The van der Waals surface area contributed by atoms with Gasteiger partial charge < -0.3 is 9.47 Å². The summed E-state index contributed by atoms with van der Waals surface area (Å²) in [5.74, 6) is 0. The van der Waals surface area contributed by atoms with Gasteiger partial charge in [0, 0.05) is 59.7 Å². The molecule has 2 aromatic heterocycles. The predicted octanol–water partition coefficient (Wildman–Crippen LogP) is 15.0. The SMILES string of the molecule is C1=C=Cc2c(c3ccc(-c4cccc(-c5cccc(N(c6ccc7c(c6)sc6ccccc67)c6cccc7ccccc67)c5)c4)cc3n2C2=CCCC=C2)C=1. The van der Waals surface area contributed by atoms with E-state index in [0.29, 0.717) is 0 Å². The summed E-state index contributed by atoms with van der Waals surface area (Å²) in [7, 11) is 0. The van der Waals surface area contributed by atoms with Gasteiger partial charge >= 0.3 is 0 Å². The minimum absolute atomic E-state index is 1.05. The molecule has 0 radical (unpaired) electrons. The van der Waals surface area contributed by atoms with Gasteiger partial charge in [0.05, 0.1) is 16.9 Å². The van der Waals surface area contributed by atoms with Gasteiger partial charge in [-0.1, -0.05) is 127 Å². The van der Waals surface area contributed by atoms with E-state index in [1.54, 1.807) is 0 Å². The highest BCUT2D eigenvalue weighted by Crippen LogP contribution is 2.44. The molecule has 0 saturated heterocycles. The van der Waals surface area contributed by atoms with E-state index in [1.807, 2.05) is 11.3 Å². The zero-order valence-corrected chi connectivity index (χ0v) is 30.9. The topological polar surface area (TPSA) is 8.17 Å². The molecule has 0 atom stereocenters. The summed E-state index contributed by atoms with van der Waals surface area (Å²) >= 11 is 1.86. The van der Waals surface area contributed by atoms with E-state index in [2.05, 4.69) is 203 Å². The molecule has 0 spiro atoms. The molecular weight excluding hydrogens is 685 g/mol. The van der Waals surface area contributed by atoms with Crippen LogP contribution in [-0.4, -0.2) is 4.57 Å². The second-order valence-electron chi connectivity index (χ2n) is 14.3. The predicted molar refractivity (Wildman–Crippen MR) is 236 cm³/mol. The molecule has 0 saturated carbocycles. The summed E-state index contributed by atoms with van der Waals surface area (Å²) in [6, 6.07) is 55.8. The molecule has 0 unspecified atom stereocenters. The van der Waals surface area contributed by atoms with E-state index in [4.69, 9.17) is 0 Å². The number of nitrogens with zero attached hydrogens (tertiary/aromatic N) is 2. The van der Waals surface area contributed by atoms with E-state index in [-0.39, 0.29) is 0 Å². The number of anilines is 3. The fourth-order valence-corrected chi connectivity index (χ4v) is 9.60. The van der Waals surface area contributed by atoms with Crippen LogP contribution in [-0.2, 0) is 0 Å². The Morgan fingerprint density at radius 3 is 2.13 bits per heavy atom. The molecule has 2 heterocycles. The van der Waals surface area contributed by atoms with E-state index < -0.39 is 0 Å². The number of hydrogen-bond donors (Lipinski definition) is 0. The number of hydrogen-bond acceptors (Lipinski definition) is 2. The van der Waals surface area contributed by atoms with Gasteiger partial charge in [-0.05, 0) is 101 Å². The third-order valence-electron chi connectivity index (χ3n) is 11.0. The first kappa shape index (κ1) is 31.6. The summed E-state index contributed by atoms with van der Waals surface area (Å²) in [6.07, 6.45) is 13.1. The molecule has 3 heteroatoms. The molecule has 0 bridgehead atoms. The van der Waals surface area contributed by atoms with Crippen molar-refractivity contribution in [3.63, 3.8) is 0 Å². The number of thiophene rings is 1. The summed E-state index contributed by atoms with van der Waals surface area (Å²) in [5, 5.41) is 6.29. The maximum Gasteiger partial charge on any atom is 0.0630 e. The quantitative estimate of drug-likeness (QED) is 0.155. The summed E-state index contributed by atoms with van der Waals surface area (Å²) in [4.78, 5) is 2.43. The molecule has 2 aliphatic carbocycles. The van der Waals surface area contributed by atoms with Crippen molar-refractivity contribution in [3.8, 4) is 22.3 Å². The molecule has 0 fully saturated rings. The molecule has 11 rings (SSSR count).